The molecule has 0 aliphatic heterocycles. The molecule has 1 atom stereocenters. The minimum Gasteiger partial charge on any atom is -0.480 e. The van der Waals surface area contributed by atoms with Gasteiger partial charge in [0.25, 0.3) is 5.56 Å². The number of Topliss-reactive ketones (excluding diaryl/α,β-unsaturated/α-hetero) is 1. The highest BCUT2D eigenvalue weighted by Gasteiger charge is 2.31. The van der Waals surface area contributed by atoms with Crippen molar-refractivity contribution in [2.75, 3.05) is 0 Å². The van der Waals surface area contributed by atoms with E-state index in [1.165, 1.54) is 42.7 Å². The summed E-state index contributed by atoms with van der Waals surface area (Å²) in [5.41, 5.74) is 2.73. The van der Waals surface area contributed by atoms with Gasteiger partial charge in [0.05, 0.1) is 5.69 Å². The quantitative estimate of drug-likeness (QED) is 0.438. The Morgan fingerprint density at radius 2 is 1.68 bits per heavy atom. The van der Waals surface area contributed by atoms with E-state index in [9.17, 15) is 19.5 Å². The number of benzene rings is 1. The lowest BCUT2D eigenvalue weighted by atomic mass is 9.84. The molecule has 1 heterocycles. The summed E-state index contributed by atoms with van der Waals surface area (Å²) in [7, 11) is 0. The third-order valence-corrected chi connectivity index (χ3v) is 7.04. The summed E-state index contributed by atoms with van der Waals surface area (Å²) in [5, 5.41) is 10.1. The summed E-state index contributed by atoms with van der Waals surface area (Å²) in [6.45, 7) is 9.73. The van der Waals surface area contributed by atoms with Crippen molar-refractivity contribution in [3.8, 4) is 11.3 Å². The zero-order valence-electron chi connectivity index (χ0n) is 21.3. The first-order chi connectivity index (χ1) is 16.0. The molecule has 1 unspecified atom stereocenters. The van der Waals surface area contributed by atoms with Gasteiger partial charge in [-0.15, -0.1) is 0 Å². The second-order valence-corrected chi connectivity index (χ2v) is 11.2. The molecule has 5 heteroatoms. The number of nitrogens with zero attached hydrogens (tertiary/aromatic N) is 1. The summed E-state index contributed by atoms with van der Waals surface area (Å²) in [4.78, 5) is 39.1. The first-order valence-corrected chi connectivity index (χ1v) is 12.6. The lowest BCUT2D eigenvalue weighted by molar-refractivity contribution is -0.141. The maximum atomic E-state index is 13.4. The monoisotopic (exact) mass is 465 g/mol. The fraction of sp³-hybridized carbons (Fsp3) is 0.552. The van der Waals surface area contributed by atoms with Gasteiger partial charge in [-0.3, -0.25) is 14.2 Å². The predicted molar refractivity (Wildman–Crippen MR) is 136 cm³/mol. The van der Waals surface area contributed by atoms with Crippen LogP contribution in [0.15, 0.2) is 35.1 Å². The number of carbonyl (C=O) groups is 2. The van der Waals surface area contributed by atoms with E-state index in [0.29, 0.717) is 35.6 Å². The Hall–Kier alpha value is -2.69. The molecule has 5 nitrogen and oxygen atoms in total. The standard InChI is InChI=1S/C29H39NO4/c1-19-11-14-22(15-12-19)27-20(2)23(25(31)16-13-21-9-7-6-8-10-21)17-26(32)30(27)24(28(33)34)18-29(3,4)5/h11-12,14-15,17,21,24H,6-10,13,16,18H2,1-5H3,(H,33,34). The highest BCUT2D eigenvalue weighted by atomic mass is 16.4. The SMILES string of the molecule is Cc1ccc(-c2c(C)c(C(=O)CCC3CCCCC3)cc(=O)n2C(CC(C)(C)C)C(=O)O)cc1. The van der Waals surface area contributed by atoms with Crippen LogP contribution < -0.4 is 5.56 Å². The number of aliphatic carboxylic acids is 1. The smallest absolute Gasteiger partial charge is 0.326 e. The summed E-state index contributed by atoms with van der Waals surface area (Å²) >= 11 is 0. The van der Waals surface area contributed by atoms with Crippen molar-refractivity contribution in [1.29, 1.82) is 0 Å². The second kappa shape index (κ2) is 10.7. The van der Waals surface area contributed by atoms with Gasteiger partial charge in [0.2, 0.25) is 0 Å². The largest absolute Gasteiger partial charge is 0.480 e. The third kappa shape index (κ3) is 6.25. The molecule has 1 saturated carbocycles. The van der Waals surface area contributed by atoms with Gasteiger partial charge in [-0.25, -0.2) is 4.79 Å². The van der Waals surface area contributed by atoms with E-state index in [1.54, 1.807) is 0 Å². The van der Waals surface area contributed by atoms with Crippen molar-refractivity contribution in [3.63, 3.8) is 0 Å². The average Bonchev–Trinajstić information content (AvgIpc) is 2.78. The molecule has 1 aromatic heterocycles. The van der Waals surface area contributed by atoms with Crippen LogP contribution in [-0.4, -0.2) is 21.4 Å². The fourth-order valence-electron chi connectivity index (χ4n) is 5.20. The van der Waals surface area contributed by atoms with Crippen LogP contribution in [0.25, 0.3) is 11.3 Å². The number of carboxylic acids is 1. The fourth-order valence-corrected chi connectivity index (χ4v) is 5.20. The Bertz CT molecular complexity index is 1080. The zero-order valence-corrected chi connectivity index (χ0v) is 21.3. The first kappa shape index (κ1) is 25.9. The highest BCUT2D eigenvalue weighted by Crippen LogP contribution is 2.34. The van der Waals surface area contributed by atoms with Crippen molar-refractivity contribution in [3.05, 3.63) is 57.4 Å². The molecule has 1 N–H and O–H groups in total. The molecule has 2 aromatic rings. The Labute approximate surface area is 203 Å². The minimum atomic E-state index is -1.04. The van der Waals surface area contributed by atoms with E-state index in [-0.39, 0.29) is 11.2 Å². The maximum Gasteiger partial charge on any atom is 0.326 e. The summed E-state index contributed by atoms with van der Waals surface area (Å²) in [5.74, 6) is -0.484. The lowest BCUT2D eigenvalue weighted by Crippen LogP contribution is -2.34. The van der Waals surface area contributed by atoms with Crippen LogP contribution in [0.3, 0.4) is 0 Å². The Morgan fingerprint density at radius 1 is 1.06 bits per heavy atom. The van der Waals surface area contributed by atoms with Crippen molar-refractivity contribution in [2.45, 2.75) is 92.0 Å². The molecular formula is C29H39NO4. The van der Waals surface area contributed by atoms with Gasteiger partial charge in [-0.2, -0.15) is 0 Å². The highest BCUT2D eigenvalue weighted by molar-refractivity contribution is 5.98. The minimum absolute atomic E-state index is 0.0246. The van der Waals surface area contributed by atoms with Gasteiger partial charge in [0.15, 0.2) is 5.78 Å². The van der Waals surface area contributed by atoms with Crippen LogP contribution in [0.1, 0.15) is 99.7 Å². The molecule has 1 aliphatic rings. The van der Waals surface area contributed by atoms with E-state index in [4.69, 9.17) is 0 Å². The van der Waals surface area contributed by atoms with Crippen LogP contribution in [0.2, 0.25) is 0 Å². The number of ketones is 1. The number of hydrogen-bond acceptors (Lipinski definition) is 3. The summed E-state index contributed by atoms with van der Waals surface area (Å²) in [6.07, 6.45) is 7.67. The molecule has 0 saturated heterocycles. The molecule has 34 heavy (non-hydrogen) atoms. The number of carboxylic acid groups (broad SMARTS) is 1. The summed E-state index contributed by atoms with van der Waals surface area (Å²) in [6, 6.07) is 8.05. The van der Waals surface area contributed by atoms with E-state index in [1.807, 2.05) is 58.9 Å². The zero-order chi connectivity index (χ0) is 25.0. The van der Waals surface area contributed by atoms with Crippen LogP contribution in [0.4, 0.5) is 0 Å². The predicted octanol–water partition coefficient (Wildman–Crippen LogP) is 6.74. The van der Waals surface area contributed by atoms with Gasteiger partial charge in [0.1, 0.15) is 6.04 Å². The topological polar surface area (TPSA) is 76.4 Å². The molecule has 3 rings (SSSR count). The van der Waals surface area contributed by atoms with Crippen molar-refractivity contribution < 1.29 is 14.7 Å². The van der Waals surface area contributed by atoms with E-state index in [0.717, 1.165) is 17.5 Å². The first-order valence-electron chi connectivity index (χ1n) is 12.6. The van der Waals surface area contributed by atoms with Gasteiger partial charge >= 0.3 is 5.97 Å². The van der Waals surface area contributed by atoms with Crippen molar-refractivity contribution in [1.82, 2.24) is 4.57 Å². The molecule has 0 radical (unpaired) electrons. The maximum absolute atomic E-state index is 13.4. The molecule has 0 spiro atoms. The van der Waals surface area contributed by atoms with Crippen LogP contribution in [0.5, 0.6) is 0 Å². The molecule has 1 fully saturated rings. The third-order valence-electron chi connectivity index (χ3n) is 7.04. The van der Waals surface area contributed by atoms with Gasteiger partial charge in [0, 0.05) is 18.1 Å². The molecule has 0 bridgehead atoms. The van der Waals surface area contributed by atoms with Crippen LogP contribution >= 0.6 is 0 Å². The average molecular weight is 466 g/mol. The molecule has 1 aromatic carbocycles. The molecule has 0 amide bonds. The van der Waals surface area contributed by atoms with Crippen LogP contribution in [0, 0.1) is 25.2 Å². The Balaban J connectivity index is 2.10. The number of hydrogen-bond donors (Lipinski definition) is 1. The van der Waals surface area contributed by atoms with E-state index < -0.39 is 17.6 Å². The van der Waals surface area contributed by atoms with Crippen LogP contribution in [-0.2, 0) is 4.79 Å². The Morgan fingerprint density at radius 3 is 2.24 bits per heavy atom. The van der Waals surface area contributed by atoms with E-state index >= 15 is 0 Å². The summed E-state index contributed by atoms with van der Waals surface area (Å²) < 4.78 is 1.39. The molecule has 1 aliphatic carbocycles. The number of rotatable bonds is 8. The molecule has 184 valence electrons. The lowest BCUT2D eigenvalue weighted by Gasteiger charge is -2.28. The Kier molecular flexibility index (Phi) is 8.17. The number of pyridine rings is 1. The molecular weight excluding hydrogens is 426 g/mol. The van der Waals surface area contributed by atoms with Gasteiger partial charge in [-0.1, -0.05) is 82.7 Å². The van der Waals surface area contributed by atoms with Gasteiger partial charge < -0.3 is 5.11 Å². The van der Waals surface area contributed by atoms with E-state index in [2.05, 4.69) is 0 Å². The normalized spacial score (nSPS) is 15.8. The number of carbonyl (C=O) groups excluding carboxylic acids is 1. The van der Waals surface area contributed by atoms with Crippen molar-refractivity contribution >= 4 is 11.8 Å². The van der Waals surface area contributed by atoms with Crippen molar-refractivity contribution in [2.24, 2.45) is 11.3 Å². The van der Waals surface area contributed by atoms with Gasteiger partial charge in [-0.05, 0) is 49.1 Å². The number of aryl methyl sites for hydroxylation is 1. The second-order valence-electron chi connectivity index (χ2n) is 11.2. The number of aromatic nitrogens is 1.